The van der Waals surface area contributed by atoms with Crippen molar-refractivity contribution >= 4 is 28.1 Å². The summed E-state index contributed by atoms with van der Waals surface area (Å²) in [5.41, 5.74) is 8.62. The number of nitrogens with zero attached hydrogens (tertiary/aromatic N) is 2. The zero-order chi connectivity index (χ0) is 12.5. The molecule has 2 heterocycles. The lowest BCUT2D eigenvalue weighted by molar-refractivity contribution is 0.864. The van der Waals surface area contributed by atoms with Crippen molar-refractivity contribution < 1.29 is 0 Å². The molecule has 1 aromatic carbocycles. The number of allylic oxidation sites excluding steroid dienone is 1. The Bertz CT molecular complexity index is 695. The van der Waals surface area contributed by atoms with Crippen molar-refractivity contribution in [2.75, 3.05) is 5.73 Å². The van der Waals surface area contributed by atoms with Gasteiger partial charge in [0.1, 0.15) is 5.52 Å². The molecule has 2 N–H and O–H groups in total. The number of rotatable bonds is 3. The molecule has 4 heteroatoms. The monoisotopic (exact) mass is 255 g/mol. The highest BCUT2D eigenvalue weighted by atomic mass is 32.1. The van der Waals surface area contributed by atoms with E-state index in [0.717, 1.165) is 28.3 Å². The number of nitrogens with two attached hydrogens (primary N) is 1. The normalized spacial score (nSPS) is 10.9. The van der Waals surface area contributed by atoms with E-state index in [2.05, 4.69) is 27.6 Å². The van der Waals surface area contributed by atoms with Gasteiger partial charge in [0, 0.05) is 6.54 Å². The molecule has 2 aromatic heterocycles. The Kier molecular flexibility index (Phi) is 2.64. The maximum atomic E-state index is 5.99. The molecule has 0 atom stereocenters. The maximum absolute atomic E-state index is 5.99. The minimum atomic E-state index is 0.716. The van der Waals surface area contributed by atoms with Gasteiger partial charge >= 0.3 is 0 Å². The number of aromatic nitrogens is 2. The Balaban J connectivity index is 2.33. The summed E-state index contributed by atoms with van der Waals surface area (Å²) in [5.74, 6) is 0.956. The molecule has 0 aliphatic carbocycles. The van der Waals surface area contributed by atoms with Crippen LogP contribution < -0.4 is 5.73 Å². The van der Waals surface area contributed by atoms with Gasteiger partial charge in [-0.15, -0.1) is 17.9 Å². The smallest absolute Gasteiger partial charge is 0.151 e. The van der Waals surface area contributed by atoms with E-state index in [1.165, 1.54) is 0 Å². The van der Waals surface area contributed by atoms with Crippen molar-refractivity contribution in [3.05, 3.63) is 48.4 Å². The van der Waals surface area contributed by atoms with Gasteiger partial charge in [-0.1, -0.05) is 18.2 Å². The van der Waals surface area contributed by atoms with E-state index < -0.39 is 0 Å². The fourth-order valence-electron chi connectivity index (χ4n) is 2.08. The number of nitrogen functional groups attached to an aromatic ring is 1. The Hall–Kier alpha value is -2.07. The van der Waals surface area contributed by atoms with Crippen molar-refractivity contribution in [2.45, 2.75) is 6.54 Å². The molecule has 0 saturated heterocycles. The van der Waals surface area contributed by atoms with Gasteiger partial charge in [0.2, 0.25) is 0 Å². The quantitative estimate of drug-likeness (QED) is 0.574. The van der Waals surface area contributed by atoms with E-state index in [4.69, 9.17) is 5.73 Å². The van der Waals surface area contributed by atoms with Crippen molar-refractivity contribution in [3.8, 4) is 10.7 Å². The summed E-state index contributed by atoms with van der Waals surface area (Å²) in [6, 6.07) is 9.98. The summed E-state index contributed by atoms with van der Waals surface area (Å²) in [6.07, 6.45) is 1.88. The molecule has 0 spiro atoms. The number of thiophene rings is 1. The van der Waals surface area contributed by atoms with Gasteiger partial charge < -0.3 is 10.3 Å². The van der Waals surface area contributed by atoms with E-state index in [-0.39, 0.29) is 0 Å². The highest BCUT2D eigenvalue weighted by molar-refractivity contribution is 7.13. The van der Waals surface area contributed by atoms with Crippen LogP contribution in [-0.2, 0) is 6.54 Å². The number of hydrogen-bond donors (Lipinski definition) is 1. The largest absolute Gasteiger partial charge is 0.397 e. The molecule has 0 saturated carbocycles. The number of hydrogen-bond acceptors (Lipinski definition) is 3. The summed E-state index contributed by atoms with van der Waals surface area (Å²) in [5, 5.41) is 2.05. The first kappa shape index (κ1) is 11.0. The fraction of sp³-hybridized carbons (Fsp3) is 0.0714. The molecular formula is C14H13N3S. The van der Waals surface area contributed by atoms with E-state index in [9.17, 15) is 0 Å². The molecule has 3 nitrogen and oxygen atoms in total. The van der Waals surface area contributed by atoms with Gasteiger partial charge in [-0.25, -0.2) is 4.98 Å². The van der Waals surface area contributed by atoms with Crippen LogP contribution >= 0.6 is 11.3 Å². The number of benzene rings is 1. The maximum Gasteiger partial charge on any atom is 0.151 e. The van der Waals surface area contributed by atoms with Crippen LogP contribution in [0.25, 0.3) is 21.7 Å². The summed E-state index contributed by atoms with van der Waals surface area (Å²) < 4.78 is 2.14. The van der Waals surface area contributed by atoms with Gasteiger partial charge in [-0.2, -0.15) is 0 Å². The van der Waals surface area contributed by atoms with Crippen LogP contribution in [0.5, 0.6) is 0 Å². The van der Waals surface area contributed by atoms with Gasteiger partial charge in [0.25, 0.3) is 0 Å². The van der Waals surface area contributed by atoms with Crippen LogP contribution in [0, 0.1) is 0 Å². The van der Waals surface area contributed by atoms with Gasteiger partial charge in [0.15, 0.2) is 5.82 Å². The standard InChI is InChI=1S/C14H13N3S/c1-2-8-17-11-6-3-5-10(15)13(11)16-14(17)12-7-4-9-18-12/h2-7,9H,1,8,15H2. The Morgan fingerprint density at radius 2 is 2.22 bits per heavy atom. The Morgan fingerprint density at radius 3 is 2.94 bits per heavy atom. The van der Waals surface area contributed by atoms with Crippen LogP contribution in [0.2, 0.25) is 0 Å². The molecule has 0 aliphatic rings. The molecule has 90 valence electrons. The van der Waals surface area contributed by atoms with Gasteiger partial charge in [-0.05, 0) is 23.6 Å². The average molecular weight is 255 g/mol. The van der Waals surface area contributed by atoms with Crippen molar-refractivity contribution in [2.24, 2.45) is 0 Å². The SMILES string of the molecule is C=CCn1c(-c2cccs2)nc2c(N)cccc21. The molecule has 3 aromatic rings. The molecule has 0 amide bonds. The lowest BCUT2D eigenvalue weighted by atomic mass is 10.3. The zero-order valence-electron chi connectivity index (χ0n) is 9.84. The fourth-order valence-corrected chi connectivity index (χ4v) is 2.80. The Morgan fingerprint density at radius 1 is 1.33 bits per heavy atom. The minimum Gasteiger partial charge on any atom is -0.397 e. The summed E-state index contributed by atoms with van der Waals surface area (Å²) in [6.45, 7) is 4.54. The van der Waals surface area contributed by atoms with Crippen LogP contribution in [-0.4, -0.2) is 9.55 Å². The van der Waals surface area contributed by atoms with E-state index in [0.29, 0.717) is 5.69 Å². The van der Waals surface area contributed by atoms with Crippen LogP contribution in [0.4, 0.5) is 5.69 Å². The van der Waals surface area contributed by atoms with Crippen LogP contribution in [0.15, 0.2) is 48.4 Å². The predicted octanol–water partition coefficient (Wildman–Crippen LogP) is 3.53. The summed E-state index contributed by atoms with van der Waals surface area (Å²) in [4.78, 5) is 5.82. The van der Waals surface area contributed by atoms with Crippen molar-refractivity contribution in [3.63, 3.8) is 0 Å². The van der Waals surface area contributed by atoms with Gasteiger partial charge in [0.05, 0.1) is 16.1 Å². The summed E-state index contributed by atoms with van der Waals surface area (Å²) in [7, 11) is 0. The van der Waals surface area contributed by atoms with Crippen LogP contribution in [0.1, 0.15) is 0 Å². The predicted molar refractivity (Wildman–Crippen MR) is 77.7 cm³/mol. The molecule has 18 heavy (non-hydrogen) atoms. The molecule has 0 bridgehead atoms. The molecule has 0 unspecified atom stereocenters. The molecule has 0 radical (unpaired) electrons. The first-order valence-electron chi connectivity index (χ1n) is 5.71. The third-order valence-electron chi connectivity index (χ3n) is 2.86. The Labute approximate surface area is 109 Å². The number of fused-ring (bicyclic) bond motifs is 1. The lowest BCUT2D eigenvalue weighted by Crippen LogP contribution is -1.97. The third kappa shape index (κ3) is 1.62. The summed E-state index contributed by atoms with van der Waals surface area (Å²) >= 11 is 1.68. The van der Waals surface area contributed by atoms with Crippen molar-refractivity contribution in [1.29, 1.82) is 0 Å². The topological polar surface area (TPSA) is 43.8 Å². The number of imidazole rings is 1. The second-order valence-corrected chi connectivity index (χ2v) is 4.97. The first-order valence-corrected chi connectivity index (χ1v) is 6.58. The van der Waals surface area contributed by atoms with Crippen LogP contribution in [0.3, 0.4) is 0 Å². The van der Waals surface area contributed by atoms with E-state index >= 15 is 0 Å². The van der Waals surface area contributed by atoms with E-state index in [1.54, 1.807) is 11.3 Å². The molecule has 0 fully saturated rings. The second-order valence-electron chi connectivity index (χ2n) is 4.03. The highest BCUT2D eigenvalue weighted by Gasteiger charge is 2.13. The minimum absolute atomic E-state index is 0.716. The highest BCUT2D eigenvalue weighted by Crippen LogP contribution is 2.30. The molecule has 3 rings (SSSR count). The van der Waals surface area contributed by atoms with E-state index in [1.807, 2.05) is 30.3 Å². The first-order chi connectivity index (χ1) is 8.81. The number of para-hydroxylation sites is 1. The third-order valence-corrected chi connectivity index (χ3v) is 3.73. The van der Waals surface area contributed by atoms with Gasteiger partial charge in [-0.3, -0.25) is 0 Å². The number of anilines is 1. The molecular weight excluding hydrogens is 242 g/mol. The second kappa shape index (κ2) is 4.31. The lowest BCUT2D eigenvalue weighted by Gasteiger charge is -2.04. The average Bonchev–Trinajstić information content (AvgIpc) is 2.98. The molecule has 0 aliphatic heterocycles. The van der Waals surface area contributed by atoms with Crippen molar-refractivity contribution in [1.82, 2.24) is 9.55 Å². The zero-order valence-corrected chi connectivity index (χ0v) is 10.7.